The second-order valence-corrected chi connectivity index (χ2v) is 11.1. The van der Waals surface area contributed by atoms with E-state index in [1.807, 2.05) is 18.2 Å². The summed E-state index contributed by atoms with van der Waals surface area (Å²) in [5.41, 5.74) is 0.775. The van der Waals surface area contributed by atoms with Gasteiger partial charge in [-0.3, -0.25) is 4.79 Å². The Morgan fingerprint density at radius 2 is 1.44 bits per heavy atom. The number of rotatable bonds is 17. The number of fused-ring (bicyclic) bond motifs is 2. The van der Waals surface area contributed by atoms with Crippen LogP contribution in [0.15, 0.2) is 42.5 Å². The lowest BCUT2D eigenvalue weighted by Gasteiger charge is -2.30. The lowest BCUT2D eigenvalue weighted by Crippen LogP contribution is -2.35. The van der Waals surface area contributed by atoms with E-state index in [9.17, 15) is 9.59 Å². The standard InChI is InChI=1S/C16H30O.C10H12O3.C8H15N/c1-2-3-4-5-6-7-8-9-10-11-12-13-14-15-16-17;1-13-7-9(10(11)12)8-5-3-2-4-6-8;1-9-7-3-2-4-8(9)6-5-7/h7-8,16H,2-6,9-15H2,1H3;2-6,9H,7H2,1H3,(H,11,12);7-8H,2-6H2,1H3/b8-7-;;. The molecule has 2 bridgehead atoms. The number of hydrogen-bond acceptors (Lipinski definition) is 4. The Bertz CT molecular complexity index is 735. The molecule has 0 radical (unpaired) electrons. The Labute approximate surface area is 239 Å². The normalized spacial score (nSPS) is 19.1. The minimum atomic E-state index is -0.854. The first-order chi connectivity index (χ1) is 19.0. The third-order valence-corrected chi connectivity index (χ3v) is 7.98. The Kier molecular flexibility index (Phi) is 21.4. The fourth-order valence-corrected chi connectivity index (χ4v) is 5.48. The second-order valence-electron chi connectivity index (χ2n) is 11.1. The van der Waals surface area contributed by atoms with Gasteiger partial charge < -0.3 is 19.5 Å². The van der Waals surface area contributed by atoms with E-state index in [4.69, 9.17) is 9.84 Å². The Morgan fingerprint density at radius 3 is 1.92 bits per heavy atom. The predicted octanol–water partition coefficient (Wildman–Crippen LogP) is 8.58. The molecule has 2 aliphatic rings. The molecule has 2 saturated heterocycles. The van der Waals surface area contributed by atoms with Gasteiger partial charge in [0.25, 0.3) is 0 Å². The molecule has 39 heavy (non-hydrogen) atoms. The van der Waals surface area contributed by atoms with Crippen LogP contribution in [-0.4, -0.2) is 55.1 Å². The summed E-state index contributed by atoms with van der Waals surface area (Å²) in [4.78, 5) is 23.5. The molecule has 222 valence electrons. The first kappa shape index (κ1) is 35.0. The molecule has 5 heteroatoms. The minimum absolute atomic E-state index is 0.208. The smallest absolute Gasteiger partial charge is 0.313 e. The molecular weight excluding hydrogens is 486 g/mol. The SMILES string of the molecule is CCCCCC/C=C\CCCCCCCC=O.CN1C2CCCC1CC2.COCC(C(=O)O)c1ccccc1. The van der Waals surface area contributed by atoms with E-state index in [1.54, 1.807) is 12.1 Å². The number of unbranched alkanes of at least 4 members (excludes halogenated alkanes) is 10. The van der Waals surface area contributed by atoms with Gasteiger partial charge in [0.15, 0.2) is 0 Å². The van der Waals surface area contributed by atoms with E-state index in [-0.39, 0.29) is 6.61 Å². The van der Waals surface area contributed by atoms with Crippen LogP contribution in [0.3, 0.4) is 0 Å². The molecule has 0 amide bonds. The van der Waals surface area contributed by atoms with E-state index >= 15 is 0 Å². The van der Waals surface area contributed by atoms with Crippen molar-refractivity contribution in [3.63, 3.8) is 0 Å². The van der Waals surface area contributed by atoms with Crippen molar-refractivity contribution in [2.24, 2.45) is 0 Å². The average molecular weight is 544 g/mol. The molecule has 5 nitrogen and oxygen atoms in total. The maximum atomic E-state index is 10.8. The van der Waals surface area contributed by atoms with Crippen molar-refractivity contribution in [3.05, 3.63) is 48.0 Å². The highest BCUT2D eigenvalue weighted by Crippen LogP contribution is 2.33. The molecule has 0 saturated carbocycles. The quantitative estimate of drug-likeness (QED) is 0.121. The number of carboxylic acid groups (broad SMARTS) is 1. The van der Waals surface area contributed by atoms with Crippen molar-refractivity contribution < 1.29 is 19.4 Å². The molecule has 2 fully saturated rings. The van der Waals surface area contributed by atoms with Crippen molar-refractivity contribution in [1.29, 1.82) is 0 Å². The minimum Gasteiger partial charge on any atom is -0.481 e. The van der Waals surface area contributed by atoms with Crippen molar-refractivity contribution in [1.82, 2.24) is 4.90 Å². The van der Waals surface area contributed by atoms with Crippen molar-refractivity contribution in [2.75, 3.05) is 20.8 Å². The molecule has 1 N–H and O–H groups in total. The Balaban J connectivity index is 0.000000304. The molecule has 3 atom stereocenters. The number of carbonyl (C=O) groups excluding carboxylic acids is 1. The highest BCUT2D eigenvalue weighted by atomic mass is 16.5. The summed E-state index contributed by atoms with van der Waals surface area (Å²) >= 11 is 0. The number of nitrogens with zero attached hydrogens (tertiary/aromatic N) is 1. The third kappa shape index (κ3) is 16.7. The van der Waals surface area contributed by atoms with Gasteiger partial charge in [0.05, 0.1) is 6.61 Å². The summed E-state index contributed by atoms with van der Waals surface area (Å²) in [5.74, 6) is -1.42. The average Bonchev–Trinajstić information content (AvgIpc) is 3.13. The number of methoxy groups -OCH3 is 1. The fourth-order valence-electron chi connectivity index (χ4n) is 5.48. The Hall–Kier alpha value is -1.98. The summed E-state index contributed by atoms with van der Waals surface area (Å²) < 4.78 is 4.84. The van der Waals surface area contributed by atoms with Gasteiger partial charge in [0.1, 0.15) is 12.2 Å². The van der Waals surface area contributed by atoms with E-state index in [1.165, 1.54) is 103 Å². The molecule has 0 aromatic heterocycles. The van der Waals surface area contributed by atoms with Crippen LogP contribution in [0.4, 0.5) is 0 Å². The topological polar surface area (TPSA) is 66.8 Å². The maximum absolute atomic E-state index is 10.8. The van der Waals surface area contributed by atoms with Crippen LogP contribution in [0.2, 0.25) is 0 Å². The van der Waals surface area contributed by atoms with Gasteiger partial charge in [-0.1, -0.05) is 94.4 Å². The summed E-state index contributed by atoms with van der Waals surface area (Å²) in [6.07, 6.45) is 28.0. The van der Waals surface area contributed by atoms with Crippen LogP contribution in [-0.2, 0) is 14.3 Å². The highest BCUT2D eigenvalue weighted by molar-refractivity contribution is 5.76. The molecular formula is C34H57NO4. The van der Waals surface area contributed by atoms with Gasteiger partial charge in [-0.05, 0) is 70.4 Å². The van der Waals surface area contributed by atoms with E-state index in [0.29, 0.717) is 0 Å². The predicted molar refractivity (Wildman–Crippen MR) is 163 cm³/mol. The second kappa shape index (κ2) is 23.9. The zero-order valence-electron chi connectivity index (χ0n) is 25.2. The zero-order chi connectivity index (χ0) is 28.6. The van der Waals surface area contributed by atoms with Crippen molar-refractivity contribution >= 4 is 12.3 Å². The highest BCUT2D eigenvalue weighted by Gasteiger charge is 2.33. The van der Waals surface area contributed by atoms with Gasteiger partial charge in [-0.25, -0.2) is 0 Å². The van der Waals surface area contributed by atoms with Gasteiger partial charge >= 0.3 is 5.97 Å². The number of aldehydes is 1. The number of hydrogen-bond donors (Lipinski definition) is 1. The molecule has 1 aromatic rings. The van der Waals surface area contributed by atoms with Gasteiger partial charge in [0, 0.05) is 25.6 Å². The molecule has 2 aliphatic heterocycles. The van der Waals surface area contributed by atoms with Crippen LogP contribution in [0.5, 0.6) is 0 Å². The third-order valence-electron chi connectivity index (χ3n) is 7.98. The van der Waals surface area contributed by atoms with Crippen LogP contribution < -0.4 is 0 Å². The first-order valence-corrected chi connectivity index (χ1v) is 15.6. The van der Waals surface area contributed by atoms with E-state index in [2.05, 4.69) is 31.0 Å². The van der Waals surface area contributed by atoms with Gasteiger partial charge in [-0.15, -0.1) is 0 Å². The summed E-state index contributed by atoms with van der Waals surface area (Å²) in [7, 11) is 3.79. The fraction of sp³-hybridized carbons (Fsp3) is 0.706. The summed E-state index contributed by atoms with van der Waals surface area (Å²) in [6, 6.07) is 11.0. The van der Waals surface area contributed by atoms with Crippen molar-refractivity contribution in [2.45, 2.75) is 134 Å². The largest absolute Gasteiger partial charge is 0.481 e. The maximum Gasteiger partial charge on any atom is 0.313 e. The van der Waals surface area contributed by atoms with Crippen molar-refractivity contribution in [3.8, 4) is 0 Å². The molecule has 3 unspecified atom stereocenters. The number of piperidine rings is 1. The zero-order valence-corrected chi connectivity index (χ0v) is 25.2. The van der Waals surface area contributed by atoms with Crippen LogP contribution >= 0.6 is 0 Å². The van der Waals surface area contributed by atoms with E-state index in [0.717, 1.165) is 36.8 Å². The number of ether oxygens (including phenoxy) is 1. The molecule has 2 heterocycles. The number of aliphatic carboxylic acids is 1. The number of carboxylic acids is 1. The molecule has 0 aliphatic carbocycles. The Morgan fingerprint density at radius 1 is 0.897 bits per heavy atom. The monoisotopic (exact) mass is 543 g/mol. The summed E-state index contributed by atoms with van der Waals surface area (Å²) in [6.45, 7) is 2.46. The van der Waals surface area contributed by atoms with Crippen LogP contribution in [0.25, 0.3) is 0 Å². The molecule has 1 aromatic carbocycles. The first-order valence-electron chi connectivity index (χ1n) is 15.6. The lowest BCUT2D eigenvalue weighted by molar-refractivity contribution is -0.140. The molecule has 0 spiro atoms. The number of allylic oxidation sites excluding steroid dienone is 2. The lowest BCUT2D eigenvalue weighted by atomic mass is 10.0. The van der Waals surface area contributed by atoms with Gasteiger partial charge in [-0.2, -0.15) is 0 Å². The van der Waals surface area contributed by atoms with Gasteiger partial charge in [0.2, 0.25) is 0 Å². The van der Waals surface area contributed by atoms with E-state index < -0.39 is 11.9 Å². The summed E-state index contributed by atoms with van der Waals surface area (Å²) in [5, 5.41) is 8.88. The molecule has 3 rings (SSSR count). The van der Waals surface area contributed by atoms with Crippen LogP contribution in [0, 0.1) is 0 Å². The number of carbonyl (C=O) groups is 2. The number of benzene rings is 1. The van der Waals surface area contributed by atoms with Crippen LogP contribution in [0.1, 0.15) is 128 Å².